The van der Waals surface area contributed by atoms with E-state index in [-0.39, 0.29) is 11.5 Å². The van der Waals surface area contributed by atoms with E-state index in [1.807, 2.05) is 0 Å². The summed E-state index contributed by atoms with van der Waals surface area (Å²) in [4.78, 5) is 17.3. The minimum atomic E-state index is -1.14. The van der Waals surface area contributed by atoms with Crippen LogP contribution in [-0.4, -0.2) is 48.3 Å². The van der Waals surface area contributed by atoms with Crippen molar-refractivity contribution < 1.29 is 15.1 Å². The number of fused-ring (bicyclic) bond motifs is 1. The Bertz CT molecular complexity index is 815. The monoisotopic (exact) mass is 304 g/mol. The maximum Gasteiger partial charge on any atom is 0.211 e. The van der Waals surface area contributed by atoms with E-state index in [1.165, 1.54) is 18.2 Å². The van der Waals surface area contributed by atoms with Crippen LogP contribution >= 0.6 is 0 Å². The van der Waals surface area contributed by atoms with Crippen LogP contribution in [0.4, 0.5) is 0 Å². The maximum absolute atomic E-state index is 10.1. The van der Waals surface area contributed by atoms with Gasteiger partial charge in [-0.3, -0.25) is 0 Å². The molecule has 22 heavy (non-hydrogen) atoms. The summed E-state index contributed by atoms with van der Waals surface area (Å²) in [5.74, 6) is 0. The average molecular weight is 304 g/mol. The van der Waals surface area contributed by atoms with E-state index in [2.05, 4.69) is 15.0 Å². The van der Waals surface area contributed by atoms with Gasteiger partial charge in [0, 0.05) is 6.04 Å². The summed E-state index contributed by atoms with van der Waals surface area (Å²) in [6.07, 6.45) is 4.70. The summed E-state index contributed by atoms with van der Waals surface area (Å²) >= 11 is 0. The largest absolute Gasteiger partial charge is 0.414 e. The molecule has 2 N–H and O–H groups in total. The summed E-state index contributed by atoms with van der Waals surface area (Å²) in [7, 11) is 1.44. The van der Waals surface area contributed by atoms with Crippen molar-refractivity contribution in [2.75, 3.05) is 7.11 Å². The van der Waals surface area contributed by atoms with Crippen LogP contribution in [0.15, 0.2) is 17.6 Å². The summed E-state index contributed by atoms with van der Waals surface area (Å²) in [5.41, 5.74) is 0.0608. The minimum Gasteiger partial charge on any atom is -0.414 e. The van der Waals surface area contributed by atoms with E-state index >= 15 is 0 Å². The van der Waals surface area contributed by atoms with Gasteiger partial charge in [-0.1, -0.05) is 0 Å². The zero-order chi connectivity index (χ0) is 15.9. The molecule has 3 rings (SSSR count). The van der Waals surface area contributed by atoms with Crippen molar-refractivity contribution in [1.29, 1.82) is 5.26 Å². The molecule has 9 heteroatoms. The number of hydrogen-bond acceptors (Lipinski definition) is 7. The molecule has 2 aromatic rings. The molecule has 0 aromatic carbocycles. The van der Waals surface area contributed by atoms with E-state index < -0.39 is 11.7 Å². The zero-order valence-corrected chi connectivity index (χ0v) is 12.2. The molecule has 0 unspecified atom stereocenters. The molecule has 9 nitrogen and oxygen atoms in total. The third kappa shape index (κ3) is 2.13. The zero-order valence-electron chi connectivity index (χ0n) is 12.2. The van der Waals surface area contributed by atoms with E-state index in [0.717, 1.165) is 0 Å². The van der Waals surface area contributed by atoms with Crippen molar-refractivity contribution in [3.8, 4) is 6.19 Å². The molecule has 2 heterocycles. The number of hydrogen-bond donors (Lipinski definition) is 2. The first-order valence-corrected chi connectivity index (χ1v) is 6.80. The Morgan fingerprint density at radius 1 is 1.50 bits per heavy atom. The van der Waals surface area contributed by atoms with Crippen LogP contribution in [0.2, 0.25) is 0 Å². The lowest BCUT2D eigenvalue weighted by atomic mass is 10.0. The lowest BCUT2D eigenvalue weighted by Crippen LogP contribution is -2.33. The van der Waals surface area contributed by atoms with Gasteiger partial charge in [-0.25, -0.2) is 9.97 Å². The second-order valence-corrected chi connectivity index (χ2v) is 5.58. The number of imidazole rings is 1. The highest BCUT2D eigenvalue weighted by atomic mass is 16.6. The van der Waals surface area contributed by atoms with Gasteiger partial charge >= 0.3 is 0 Å². The fourth-order valence-corrected chi connectivity index (χ4v) is 2.88. The Labute approximate surface area is 125 Å². The Morgan fingerprint density at radius 2 is 2.27 bits per heavy atom. The lowest BCUT2D eigenvalue weighted by molar-refractivity contribution is -0.0385. The number of aliphatic hydroxyl groups excluding tert-OH is 1. The second kappa shape index (κ2) is 5.08. The molecule has 0 aliphatic heterocycles. The molecule has 0 bridgehead atoms. The Kier molecular flexibility index (Phi) is 3.35. The molecule has 0 radical (unpaired) electrons. The van der Waals surface area contributed by atoms with Gasteiger partial charge in [0.15, 0.2) is 11.2 Å². The molecular formula is C13H16N6O3. The molecule has 1 saturated carbocycles. The normalized spacial score (nSPS) is 29.0. The van der Waals surface area contributed by atoms with Crippen molar-refractivity contribution >= 4 is 11.2 Å². The third-order valence-electron chi connectivity index (χ3n) is 4.08. The van der Waals surface area contributed by atoms with Crippen LogP contribution in [0.25, 0.3) is 11.2 Å². The predicted molar refractivity (Wildman–Crippen MR) is 74.1 cm³/mol. The van der Waals surface area contributed by atoms with E-state index in [1.54, 1.807) is 24.0 Å². The Morgan fingerprint density at radius 3 is 2.86 bits per heavy atom. The molecule has 0 spiro atoms. The predicted octanol–water partition coefficient (Wildman–Crippen LogP) is -0.880. The first kappa shape index (κ1) is 14.5. The molecule has 0 saturated heterocycles. The first-order chi connectivity index (χ1) is 10.5. The topological polar surface area (TPSA) is 121 Å². The lowest BCUT2D eigenvalue weighted by Gasteiger charge is -2.20. The Hall–Kier alpha value is -2.44. The van der Waals surface area contributed by atoms with Crippen molar-refractivity contribution in [3.63, 3.8) is 0 Å². The SMILES string of the molecule is COn1cnc2c(ncn2[C@H]2C[C@H](O)[C@@](C)(O)C2)c1=NC#N. The van der Waals surface area contributed by atoms with Crippen molar-refractivity contribution in [2.45, 2.75) is 37.5 Å². The van der Waals surface area contributed by atoms with Crippen LogP contribution in [-0.2, 0) is 0 Å². The van der Waals surface area contributed by atoms with Crippen molar-refractivity contribution in [1.82, 2.24) is 19.3 Å². The van der Waals surface area contributed by atoms with E-state index in [4.69, 9.17) is 10.1 Å². The number of rotatable bonds is 2. The average Bonchev–Trinajstić information content (AvgIpc) is 3.01. The second-order valence-electron chi connectivity index (χ2n) is 5.58. The highest BCUT2D eigenvalue weighted by Crippen LogP contribution is 2.38. The Balaban J connectivity index is 2.14. The molecule has 2 aromatic heterocycles. The van der Waals surface area contributed by atoms with Gasteiger partial charge in [0.05, 0.1) is 18.0 Å². The van der Waals surface area contributed by atoms with Crippen LogP contribution in [0.5, 0.6) is 0 Å². The molecule has 0 amide bonds. The van der Waals surface area contributed by atoms with Crippen LogP contribution in [0.1, 0.15) is 25.8 Å². The molecule has 116 valence electrons. The summed E-state index contributed by atoms with van der Waals surface area (Å²) in [5, 5.41) is 28.9. The number of nitrogens with zero attached hydrogens (tertiary/aromatic N) is 6. The molecule has 1 fully saturated rings. The first-order valence-electron chi connectivity index (χ1n) is 6.80. The fourth-order valence-electron chi connectivity index (χ4n) is 2.88. The highest BCUT2D eigenvalue weighted by Gasteiger charge is 2.42. The summed E-state index contributed by atoms with van der Waals surface area (Å²) in [6, 6.07) is -0.129. The number of aliphatic hydroxyl groups is 2. The quantitative estimate of drug-likeness (QED) is 0.695. The van der Waals surface area contributed by atoms with E-state index in [0.29, 0.717) is 24.0 Å². The van der Waals surface area contributed by atoms with Gasteiger partial charge in [0.25, 0.3) is 0 Å². The van der Waals surface area contributed by atoms with E-state index in [9.17, 15) is 10.2 Å². The third-order valence-corrected chi connectivity index (χ3v) is 4.08. The number of aromatic nitrogens is 4. The van der Waals surface area contributed by atoms with Gasteiger partial charge in [0.1, 0.15) is 13.4 Å². The molecular weight excluding hydrogens is 288 g/mol. The standard InChI is InChI=1S/C13H16N6O3/c1-13(21)4-8(3-9(13)20)18-6-16-10-11(18)17-7-19(22-2)12(10)15-5-14/h6-9,20-21H,3-4H2,1-2H3/t8-,9-,13-/m0/s1. The van der Waals surface area contributed by atoms with Gasteiger partial charge in [0.2, 0.25) is 11.7 Å². The molecule has 1 aliphatic carbocycles. The highest BCUT2D eigenvalue weighted by molar-refractivity contribution is 5.69. The van der Waals surface area contributed by atoms with Crippen molar-refractivity contribution in [2.24, 2.45) is 4.99 Å². The van der Waals surface area contributed by atoms with Crippen LogP contribution < -0.4 is 10.3 Å². The summed E-state index contributed by atoms with van der Waals surface area (Å²) in [6.45, 7) is 1.61. The van der Waals surface area contributed by atoms with Crippen LogP contribution in [0, 0.1) is 11.5 Å². The van der Waals surface area contributed by atoms with Gasteiger partial charge in [-0.2, -0.15) is 9.99 Å². The minimum absolute atomic E-state index is 0.129. The summed E-state index contributed by atoms with van der Waals surface area (Å²) < 4.78 is 3.04. The smallest absolute Gasteiger partial charge is 0.211 e. The van der Waals surface area contributed by atoms with Crippen molar-refractivity contribution in [3.05, 3.63) is 18.1 Å². The van der Waals surface area contributed by atoms with Gasteiger partial charge in [-0.15, -0.1) is 4.99 Å². The molecule has 3 atom stereocenters. The number of nitriles is 1. The molecule has 1 aliphatic rings. The van der Waals surface area contributed by atoms with Gasteiger partial charge < -0.3 is 19.6 Å². The van der Waals surface area contributed by atoms with Gasteiger partial charge in [-0.05, 0) is 19.8 Å². The fraction of sp³-hybridized carbons (Fsp3) is 0.538. The maximum atomic E-state index is 10.1. The van der Waals surface area contributed by atoms with Crippen LogP contribution in [0.3, 0.4) is 0 Å².